The summed E-state index contributed by atoms with van der Waals surface area (Å²) < 4.78 is 45.9. The summed E-state index contributed by atoms with van der Waals surface area (Å²) in [6.45, 7) is 0. The lowest BCUT2D eigenvalue weighted by Crippen LogP contribution is -2.03. The van der Waals surface area contributed by atoms with E-state index in [4.69, 9.17) is 14.8 Å². The molecule has 0 unspecified atom stereocenters. The maximum absolute atomic E-state index is 15.0. The highest BCUT2D eigenvalue weighted by Crippen LogP contribution is 2.38. The maximum atomic E-state index is 15.0. The van der Waals surface area contributed by atoms with Gasteiger partial charge >= 0.3 is 5.97 Å². The summed E-state index contributed by atoms with van der Waals surface area (Å²) in [6, 6.07) is 17.5. The molecule has 7 nitrogen and oxygen atoms in total. The minimum Gasteiger partial charge on any atom is -0.481 e. The van der Waals surface area contributed by atoms with Crippen molar-refractivity contribution in [2.75, 3.05) is 6.26 Å². The number of carbonyl (C=O) groups is 1. The Labute approximate surface area is 222 Å². The summed E-state index contributed by atoms with van der Waals surface area (Å²) in [6.07, 6.45) is 3.72. The Hall–Kier alpha value is -4.02. The highest BCUT2D eigenvalue weighted by atomic mass is 32.2. The first-order valence-corrected chi connectivity index (χ1v) is 14.5. The van der Waals surface area contributed by atoms with Gasteiger partial charge in [0.2, 0.25) is 0 Å². The van der Waals surface area contributed by atoms with Crippen molar-refractivity contribution in [3.8, 4) is 22.1 Å². The average molecular weight is 551 g/mol. The molecule has 5 aromatic rings. The number of aromatic nitrogens is 2. The van der Waals surface area contributed by atoms with Crippen LogP contribution in [0, 0.1) is 5.82 Å². The van der Waals surface area contributed by atoms with E-state index in [9.17, 15) is 17.6 Å². The van der Waals surface area contributed by atoms with Gasteiger partial charge < -0.3 is 14.8 Å². The Balaban J connectivity index is 1.39. The molecule has 194 valence electrons. The normalized spacial score (nSPS) is 11.6. The Morgan fingerprint density at radius 3 is 2.68 bits per heavy atom. The molecule has 0 aliphatic carbocycles. The van der Waals surface area contributed by atoms with Crippen molar-refractivity contribution in [2.24, 2.45) is 0 Å². The Kier molecular flexibility index (Phi) is 7.00. The van der Waals surface area contributed by atoms with Crippen LogP contribution in [0.2, 0.25) is 0 Å². The monoisotopic (exact) mass is 550 g/mol. The molecule has 5 rings (SSSR count). The Bertz CT molecular complexity index is 1760. The molecule has 2 aromatic heterocycles. The number of aromatic amines is 1. The van der Waals surface area contributed by atoms with E-state index in [0.29, 0.717) is 23.7 Å². The molecule has 0 saturated heterocycles. The number of halogens is 1. The van der Waals surface area contributed by atoms with Gasteiger partial charge in [-0.15, -0.1) is 11.3 Å². The van der Waals surface area contributed by atoms with Gasteiger partial charge in [-0.05, 0) is 35.7 Å². The standard InChI is InChI=1S/C28H23FN2O5S2/c1-38(34,35)27-22-10-11-30-24(22)15-23(29)26(27)36-21-7-3-6-19(14-21)28-31-20(16-37-28)13-18-5-2-4-17(12-18)8-9-25(32)33/h2-7,10-12,14-16,30H,8-9,13H2,1H3,(H,32,33). The molecule has 0 bridgehead atoms. The number of aryl methyl sites for hydroxylation is 1. The third kappa shape index (κ3) is 5.61. The summed E-state index contributed by atoms with van der Waals surface area (Å²) in [5.41, 5.74) is 3.97. The SMILES string of the molecule is CS(=O)(=O)c1c(Oc2cccc(-c3nc(Cc4cccc(CCC(=O)O)c4)cs3)c2)c(F)cc2[nH]ccc12. The van der Waals surface area contributed by atoms with Gasteiger partial charge in [-0.2, -0.15) is 0 Å². The fourth-order valence-corrected chi connectivity index (χ4v) is 6.14. The quantitative estimate of drug-likeness (QED) is 0.225. The first kappa shape index (κ1) is 25.6. The van der Waals surface area contributed by atoms with Crippen molar-refractivity contribution in [2.45, 2.75) is 24.2 Å². The van der Waals surface area contributed by atoms with Crippen LogP contribution in [0.1, 0.15) is 23.2 Å². The number of benzene rings is 3. The van der Waals surface area contributed by atoms with E-state index in [1.807, 2.05) is 35.7 Å². The van der Waals surface area contributed by atoms with Gasteiger partial charge in [0.1, 0.15) is 15.7 Å². The smallest absolute Gasteiger partial charge is 0.303 e. The van der Waals surface area contributed by atoms with Gasteiger partial charge in [-0.25, -0.2) is 17.8 Å². The van der Waals surface area contributed by atoms with Gasteiger partial charge in [0.05, 0.1) is 5.69 Å². The number of H-pyrrole nitrogens is 1. The van der Waals surface area contributed by atoms with Crippen LogP contribution < -0.4 is 4.74 Å². The average Bonchev–Trinajstić information content (AvgIpc) is 3.52. The predicted octanol–water partition coefficient (Wildman–Crippen LogP) is 6.23. The van der Waals surface area contributed by atoms with Crippen LogP contribution in [-0.4, -0.2) is 35.7 Å². The lowest BCUT2D eigenvalue weighted by molar-refractivity contribution is -0.136. The summed E-state index contributed by atoms with van der Waals surface area (Å²) in [7, 11) is -3.80. The zero-order valence-corrected chi connectivity index (χ0v) is 21.9. The zero-order chi connectivity index (χ0) is 26.9. The molecule has 0 saturated carbocycles. The minimum absolute atomic E-state index is 0.0807. The van der Waals surface area contributed by atoms with Gasteiger partial charge in [-0.3, -0.25) is 4.79 Å². The minimum atomic E-state index is -3.80. The molecule has 2 heterocycles. The molecule has 10 heteroatoms. The fourth-order valence-electron chi connectivity index (χ4n) is 4.27. The van der Waals surface area contributed by atoms with E-state index < -0.39 is 21.6 Å². The topological polar surface area (TPSA) is 109 Å². The Morgan fingerprint density at radius 1 is 1.11 bits per heavy atom. The number of thiazole rings is 1. The molecule has 0 aliphatic heterocycles. The molecule has 0 atom stereocenters. The van der Waals surface area contributed by atoms with Crippen molar-refractivity contribution in [1.29, 1.82) is 0 Å². The number of rotatable bonds is 9. The number of hydrogen-bond donors (Lipinski definition) is 2. The van der Waals surface area contributed by atoms with Gasteiger partial charge in [0.15, 0.2) is 21.4 Å². The summed E-state index contributed by atoms with van der Waals surface area (Å²) in [4.78, 5) is 18.2. The molecular formula is C28H23FN2O5S2. The number of hydrogen-bond acceptors (Lipinski definition) is 6. The zero-order valence-electron chi connectivity index (χ0n) is 20.3. The van der Waals surface area contributed by atoms with E-state index in [1.165, 1.54) is 17.4 Å². The third-order valence-electron chi connectivity index (χ3n) is 5.95. The number of carboxylic acid groups (broad SMARTS) is 1. The van der Waals surface area contributed by atoms with Gasteiger partial charge in [0, 0.05) is 53.2 Å². The van der Waals surface area contributed by atoms with Crippen molar-refractivity contribution in [3.63, 3.8) is 0 Å². The lowest BCUT2D eigenvalue weighted by atomic mass is 10.0. The number of aliphatic carboxylic acids is 1. The lowest BCUT2D eigenvalue weighted by Gasteiger charge is -2.13. The molecule has 0 radical (unpaired) electrons. The number of carboxylic acids is 1. The van der Waals surface area contributed by atoms with Crippen LogP contribution in [0.3, 0.4) is 0 Å². The molecule has 0 fully saturated rings. The molecule has 38 heavy (non-hydrogen) atoms. The molecular weight excluding hydrogens is 527 g/mol. The van der Waals surface area contributed by atoms with Crippen LogP contribution >= 0.6 is 11.3 Å². The van der Waals surface area contributed by atoms with Crippen molar-refractivity contribution in [1.82, 2.24) is 9.97 Å². The summed E-state index contributed by atoms with van der Waals surface area (Å²) in [5.74, 6) is -1.68. The van der Waals surface area contributed by atoms with E-state index >= 15 is 0 Å². The van der Waals surface area contributed by atoms with Gasteiger partial charge in [0.25, 0.3) is 0 Å². The second kappa shape index (κ2) is 10.4. The maximum Gasteiger partial charge on any atom is 0.303 e. The van der Waals surface area contributed by atoms with Crippen molar-refractivity contribution < 1.29 is 27.4 Å². The van der Waals surface area contributed by atoms with Crippen molar-refractivity contribution in [3.05, 3.63) is 94.9 Å². The molecule has 0 aliphatic rings. The van der Waals surface area contributed by atoms with Crippen LogP contribution in [0.5, 0.6) is 11.5 Å². The summed E-state index contributed by atoms with van der Waals surface area (Å²) >= 11 is 1.45. The third-order valence-corrected chi connectivity index (χ3v) is 8.03. The van der Waals surface area contributed by atoms with Crippen molar-refractivity contribution >= 4 is 38.0 Å². The fraction of sp³-hybridized carbons (Fsp3) is 0.143. The Morgan fingerprint density at radius 2 is 1.89 bits per heavy atom. The molecule has 0 spiro atoms. The first-order chi connectivity index (χ1) is 18.2. The molecule has 2 N–H and O–H groups in total. The van der Waals surface area contributed by atoms with Crippen LogP contribution in [0.15, 0.2) is 77.1 Å². The molecule has 3 aromatic carbocycles. The van der Waals surface area contributed by atoms with E-state index in [-0.39, 0.29) is 22.8 Å². The van der Waals surface area contributed by atoms with Gasteiger partial charge in [-0.1, -0.05) is 36.4 Å². The number of sulfone groups is 1. The number of nitrogens with zero attached hydrogens (tertiary/aromatic N) is 1. The second-order valence-electron chi connectivity index (χ2n) is 8.89. The summed E-state index contributed by atoms with van der Waals surface area (Å²) in [5, 5.41) is 12.0. The van der Waals surface area contributed by atoms with Crippen LogP contribution in [0.25, 0.3) is 21.5 Å². The number of ether oxygens (including phenoxy) is 1. The highest BCUT2D eigenvalue weighted by molar-refractivity contribution is 7.91. The number of nitrogens with one attached hydrogen (secondary N) is 1. The second-order valence-corrected chi connectivity index (χ2v) is 11.7. The van der Waals surface area contributed by atoms with E-state index in [2.05, 4.69) is 4.98 Å². The number of fused-ring (bicyclic) bond motifs is 1. The first-order valence-electron chi connectivity index (χ1n) is 11.7. The largest absolute Gasteiger partial charge is 0.481 e. The van der Waals surface area contributed by atoms with Crippen LogP contribution in [-0.2, 0) is 27.5 Å². The highest BCUT2D eigenvalue weighted by Gasteiger charge is 2.24. The molecule has 0 amide bonds. The van der Waals surface area contributed by atoms with Crippen LogP contribution in [0.4, 0.5) is 4.39 Å². The predicted molar refractivity (Wildman–Crippen MR) is 144 cm³/mol. The van der Waals surface area contributed by atoms with E-state index in [1.54, 1.807) is 30.5 Å². The van der Waals surface area contributed by atoms with E-state index in [0.717, 1.165) is 33.6 Å².